The van der Waals surface area contributed by atoms with Crippen LogP contribution < -0.4 is 15.1 Å². The van der Waals surface area contributed by atoms with Crippen LogP contribution in [0.5, 0.6) is 0 Å². The minimum absolute atomic E-state index is 0.0828. The molecular weight excluding hydrogens is 326 g/mol. The number of aryl methyl sites for hydroxylation is 3. The predicted molar refractivity (Wildman–Crippen MR) is 104 cm³/mol. The van der Waals surface area contributed by atoms with Crippen LogP contribution in [-0.4, -0.2) is 48.1 Å². The van der Waals surface area contributed by atoms with Crippen LogP contribution in [0.4, 0.5) is 11.6 Å². The van der Waals surface area contributed by atoms with E-state index >= 15 is 0 Å². The van der Waals surface area contributed by atoms with Crippen molar-refractivity contribution < 1.29 is 9.69 Å². The van der Waals surface area contributed by atoms with Gasteiger partial charge in [-0.15, -0.1) is 0 Å². The van der Waals surface area contributed by atoms with Crippen LogP contribution in [0.25, 0.3) is 0 Å². The van der Waals surface area contributed by atoms with Crippen LogP contribution in [0.1, 0.15) is 23.6 Å². The first kappa shape index (κ1) is 18.3. The lowest BCUT2D eigenvalue weighted by Gasteiger charge is -2.34. The van der Waals surface area contributed by atoms with Crippen LogP contribution in [-0.2, 0) is 4.79 Å². The molecule has 1 aliphatic rings. The van der Waals surface area contributed by atoms with Gasteiger partial charge in [0.15, 0.2) is 6.04 Å². The Bertz CT molecular complexity index is 746. The second-order valence-corrected chi connectivity index (χ2v) is 7.18. The molecule has 0 saturated carbocycles. The molecule has 0 unspecified atom stereocenters. The molecule has 1 fully saturated rings. The van der Waals surface area contributed by atoms with Gasteiger partial charge in [-0.25, -0.2) is 9.97 Å². The Morgan fingerprint density at radius 2 is 1.69 bits per heavy atom. The van der Waals surface area contributed by atoms with E-state index in [-0.39, 0.29) is 11.9 Å². The van der Waals surface area contributed by atoms with Gasteiger partial charge < -0.3 is 15.1 Å². The summed E-state index contributed by atoms with van der Waals surface area (Å²) in [5, 5.41) is 3.15. The summed E-state index contributed by atoms with van der Waals surface area (Å²) in [6.45, 7) is 11.7. The van der Waals surface area contributed by atoms with Crippen molar-refractivity contribution in [3.63, 3.8) is 0 Å². The first-order chi connectivity index (χ1) is 12.5. The fourth-order valence-corrected chi connectivity index (χ4v) is 3.68. The molecule has 0 aliphatic carbocycles. The van der Waals surface area contributed by atoms with Gasteiger partial charge in [-0.1, -0.05) is 17.7 Å². The summed E-state index contributed by atoms with van der Waals surface area (Å²) in [4.78, 5) is 24.9. The lowest BCUT2D eigenvalue weighted by atomic mass is 10.0. The van der Waals surface area contributed by atoms with E-state index < -0.39 is 0 Å². The van der Waals surface area contributed by atoms with Crippen molar-refractivity contribution in [2.24, 2.45) is 0 Å². The number of piperazine rings is 1. The Balaban J connectivity index is 1.60. The number of amides is 1. The largest absolute Gasteiger partial charge is 0.330 e. The van der Waals surface area contributed by atoms with E-state index in [1.54, 1.807) is 12.4 Å². The number of aromatic nitrogens is 2. The standard InChI is InChI=1S/C20H27N5O/c1-14-12-15(2)18(16(3)13-14)23-19(26)17(4)24-8-10-25(11-9-24)20-21-6-5-7-22-20/h5-7,12-13,17H,8-11H2,1-4H3,(H,23,26)/p+1/t17-/m1/s1. The fraction of sp³-hybridized carbons (Fsp3) is 0.450. The quantitative estimate of drug-likeness (QED) is 0.864. The lowest BCUT2D eigenvalue weighted by molar-refractivity contribution is -0.914. The number of hydrogen-bond acceptors (Lipinski definition) is 4. The summed E-state index contributed by atoms with van der Waals surface area (Å²) in [6, 6.07) is 5.96. The van der Waals surface area contributed by atoms with Crippen molar-refractivity contribution in [3.8, 4) is 0 Å². The Morgan fingerprint density at radius 3 is 2.27 bits per heavy atom. The average molecular weight is 354 g/mol. The highest BCUT2D eigenvalue weighted by Crippen LogP contribution is 2.21. The van der Waals surface area contributed by atoms with Gasteiger partial charge in [-0.2, -0.15) is 0 Å². The zero-order valence-electron chi connectivity index (χ0n) is 16.0. The Labute approximate surface area is 155 Å². The van der Waals surface area contributed by atoms with Gasteiger partial charge in [0.05, 0.1) is 26.2 Å². The van der Waals surface area contributed by atoms with E-state index in [4.69, 9.17) is 0 Å². The predicted octanol–water partition coefficient (Wildman–Crippen LogP) is 1.13. The van der Waals surface area contributed by atoms with Crippen molar-refractivity contribution in [1.29, 1.82) is 0 Å². The molecule has 1 saturated heterocycles. The van der Waals surface area contributed by atoms with Crippen molar-refractivity contribution in [2.45, 2.75) is 33.7 Å². The highest BCUT2D eigenvalue weighted by molar-refractivity contribution is 5.95. The second kappa shape index (κ2) is 7.83. The number of benzene rings is 1. The van der Waals surface area contributed by atoms with Gasteiger partial charge in [-0.05, 0) is 44.9 Å². The molecule has 2 N–H and O–H groups in total. The molecule has 2 heterocycles. The molecule has 2 aromatic rings. The number of quaternary nitrogens is 1. The molecule has 6 nitrogen and oxygen atoms in total. The molecule has 1 aliphatic heterocycles. The molecule has 0 bridgehead atoms. The van der Waals surface area contributed by atoms with Crippen molar-refractivity contribution in [2.75, 3.05) is 36.4 Å². The number of rotatable bonds is 4. The number of anilines is 2. The maximum Gasteiger partial charge on any atom is 0.282 e. The van der Waals surface area contributed by atoms with Gasteiger partial charge in [0, 0.05) is 18.1 Å². The maximum atomic E-state index is 12.8. The first-order valence-electron chi connectivity index (χ1n) is 9.21. The van der Waals surface area contributed by atoms with Gasteiger partial charge in [0.1, 0.15) is 0 Å². The lowest BCUT2D eigenvalue weighted by Crippen LogP contribution is -3.19. The summed E-state index contributed by atoms with van der Waals surface area (Å²) in [6.07, 6.45) is 3.54. The van der Waals surface area contributed by atoms with E-state index in [0.717, 1.165) is 48.9 Å². The van der Waals surface area contributed by atoms with Crippen LogP contribution >= 0.6 is 0 Å². The van der Waals surface area contributed by atoms with Crippen molar-refractivity contribution >= 4 is 17.5 Å². The van der Waals surface area contributed by atoms with Crippen LogP contribution in [0, 0.1) is 20.8 Å². The van der Waals surface area contributed by atoms with E-state index in [0.29, 0.717) is 0 Å². The Kier molecular flexibility index (Phi) is 5.52. The molecule has 1 amide bonds. The van der Waals surface area contributed by atoms with E-state index in [1.165, 1.54) is 10.5 Å². The molecule has 0 radical (unpaired) electrons. The summed E-state index contributed by atoms with van der Waals surface area (Å²) in [7, 11) is 0. The van der Waals surface area contributed by atoms with E-state index in [9.17, 15) is 4.79 Å². The topological polar surface area (TPSA) is 62.6 Å². The van der Waals surface area contributed by atoms with E-state index in [1.807, 2.05) is 26.8 Å². The third-order valence-electron chi connectivity index (χ3n) is 5.17. The normalized spacial score (nSPS) is 16.4. The zero-order chi connectivity index (χ0) is 18.7. The van der Waals surface area contributed by atoms with Gasteiger partial charge in [0.25, 0.3) is 5.91 Å². The molecule has 1 atom stereocenters. The number of carbonyl (C=O) groups excluding carboxylic acids is 1. The molecule has 1 aromatic heterocycles. The van der Waals surface area contributed by atoms with Gasteiger partial charge >= 0.3 is 0 Å². The molecular formula is C20H28N5O+. The van der Waals surface area contributed by atoms with Gasteiger partial charge in [-0.3, -0.25) is 4.79 Å². The van der Waals surface area contributed by atoms with Crippen molar-refractivity contribution in [1.82, 2.24) is 9.97 Å². The minimum atomic E-state index is -0.0889. The number of nitrogens with one attached hydrogen (secondary N) is 2. The number of hydrogen-bond donors (Lipinski definition) is 2. The average Bonchev–Trinajstić information content (AvgIpc) is 2.64. The smallest absolute Gasteiger partial charge is 0.282 e. The maximum absolute atomic E-state index is 12.8. The molecule has 6 heteroatoms. The zero-order valence-corrected chi connectivity index (χ0v) is 16.0. The summed E-state index contributed by atoms with van der Waals surface area (Å²) >= 11 is 0. The molecule has 26 heavy (non-hydrogen) atoms. The molecule has 138 valence electrons. The third-order valence-corrected chi connectivity index (χ3v) is 5.17. The van der Waals surface area contributed by atoms with Crippen LogP contribution in [0.2, 0.25) is 0 Å². The minimum Gasteiger partial charge on any atom is -0.330 e. The second-order valence-electron chi connectivity index (χ2n) is 7.18. The van der Waals surface area contributed by atoms with Crippen LogP contribution in [0.15, 0.2) is 30.6 Å². The Morgan fingerprint density at radius 1 is 1.12 bits per heavy atom. The summed E-state index contributed by atoms with van der Waals surface area (Å²) < 4.78 is 0. The van der Waals surface area contributed by atoms with Gasteiger partial charge in [0.2, 0.25) is 5.95 Å². The number of carbonyl (C=O) groups is 1. The highest BCUT2D eigenvalue weighted by atomic mass is 16.2. The highest BCUT2D eigenvalue weighted by Gasteiger charge is 2.30. The molecule has 3 rings (SSSR count). The van der Waals surface area contributed by atoms with Crippen LogP contribution in [0.3, 0.4) is 0 Å². The SMILES string of the molecule is Cc1cc(C)c(NC(=O)[C@@H](C)[NH+]2CCN(c3ncccn3)CC2)c(C)c1. The number of nitrogens with zero attached hydrogens (tertiary/aromatic N) is 3. The van der Waals surface area contributed by atoms with E-state index in [2.05, 4.69) is 39.2 Å². The first-order valence-corrected chi connectivity index (χ1v) is 9.21. The van der Waals surface area contributed by atoms with Crippen molar-refractivity contribution in [3.05, 3.63) is 47.3 Å². The fourth-order valence-electron chi connectivity index (χ4n) is 3.68. The summed E-state index contributed by atoms with van der Waals surface area (Å²) in [5.74, 6) is 0.856. The molecule has 0 spiro atoms. The third kappa shape index (κ3) is 4.02. The molecule has 1 aromatic carbocycles. The monoisotopic (exact) mass is 354 g/mol. The Hall–Kier alpha value is -2.47. The summed E-state index contributed by atoms with van der Waals surface area (Å²) in [5.41, 5.74) is 4.40.